The summed E-state index contributed by atoms with van der Waals surface area (Å²) in [6, 6.07) is 6.05. The maximum atomic E-state index is 13.1. The van der Waals surface area contributed by atoms with Crippen molar-refractivity contribution < 1.29 is 16.9 Å². The molecule has 0 saturated carbocycles. The van der Waals surface area contributed by atoms with Crippen LogP contribution in [0.15, 0.2) is 45.4 Å². The molecule has 2 aromatic rings. The number of rotatable bonds is 8. The number of pyridine rings is 1. The zero-order chi connectivity index (χ0) is 22.8. The first-order valence-electron chi connectivity index (χ1n) is 8.83. The smallest absolute Gasteiger partial charge is 0.314 e. The summed E-state index contributed by atoms with van der Waals surface area (Å²) in [6.07, 6.45) is 1.42. The molecule has 1 atom stereocenters. The van der Waals surface area contributed by atoms with E-state index in [9.17, 15) is 12.6 Å². The Morgan fingerprint density at radius 3 is 2.55 bits per heavy atom. The zero-order valence-electron chi connectivity index (χ0n) is 16.5. The second-order valence-electron chi connectivity index (χ2n) is 7.00. The minimum Gasteiger partial charge on any atom is -0.384 e. The third kappa shape index (κ3) is 4.67. The summed E-state index contributed by atoms with van der Waals surface area (Å²) in [5.74, 6) is 10.3. The molecule has 0 bridgehead atoms. The summed E-state index contributed by atoms with van der Waals surface area (Å²) in [5, 5.41) is 6.75. The zero-order valence-corrected chi connectivity index (χ0v) is 18.1. The average molecular weight is 470 g/mol. The molecule has 1 saturated heterocycles. The van der Waals surface area contributed by atoms with Crippen LogP contribution in [0.1, 0.15) is 12.5 Å². The van der Waals surface area contributed by atoms with Crippen molar-refractivity contribution in [3.8, 4) is 11.1 Å². The molecule has 1 unspecified atom stereocenters. The van der Waals surface area contributed by atoms with Gasteiger partial charge in [0.15, 0.2) is 5.84 Å². The lowest BCUT2D eigenvalue weighted by Gasteiger charge is -2.39. The molecular weight excluding hydrogens is 446 g/mol. The lowest BCUT2D eigenvalue weighted by molar-refractivity contribution is 0.283. The standard InChI is InChI=1S/C16H23N9O4S2/c1-16(7-21-8-16)24-30(26)11-4-3-10(9-2-5-12(17)22-6-9)13(15(18)23-25-19)14(11)31(27,28)29-20/h2-6,21,24-25H,7-8,19-20H2,1H3,(H2,17,22)(H2,18,23). The maximum Gasteiger partial charge on any atom is 0.314 e. The van der Waals surface area contributed by atoms with Crippen LogP contribution < -0.4 is 38.8 Å². The molecule has 0 spiro atoms. The fourth-order valence-electron chi connectivity index (χ4n) is 3.04. The van der Waals surface area contributed by atoms with Crippen LogP contribution in [0.25, 0.3) is 11.1 Å². The van der Waals surface area contributed by atoms with E-state index < -0.39 is 31.5 Å². The lowest BCUT2D eigenvalue weighted by Crippen LogP contribution is -2.66. The van der Waals surface area contributed by atoms with Gasteiger partial charge in [0.25, 0.3) is 0 Å². The third-order valence-electron chi connectivity index (χ3n) is 4.61. The van der Waals surface area contributed by atoms with Gasteiger partial charge >= 0.3 is 10.1 Å². The van der Waals surface area contributed by atoms with E-state index in [0.717, 1.165) is 0 Å². The number of hydrazone groups is 1. The van der Waals surface area contributed by atoms with E-state index in [-0.39, 0.29) is 22.1 Å². The van der Waals surface area contributed by atoms with Crippen LogP contribution in [0, 0.1) is 0 Å². The van der Waals surface area contributed by atoms with E-state index in [2.05, 4.69) is 24.4 Å². The summed E-state index contributed by atoms with van der Waals surface area (Å²) in [5.41, 5.74) is 13.9. The number of nitrogens with one attached hydrogen (secondary N) is 3. The van der Waals surface area contributed by atoms with Crippen molar-refractivity contribution in [2.75, 3.05) is 18.8 Å². The van der Waals surface area contributed by atoms with Crippen LogP contribution in [0.2, 0.25) is 0 Å². The van der Waals surface area contributed by atoms with Gasteiger partial charge < -0.3 is 16.8 Å². The monoisotopic (exact) mass is 469 g/mol. The molecular formula is C16H23N9O4S2. The highest BCUT2D eigenvalue weighted by Gasteiger charge is 2.36. The minimum absolute atomic E-state index is 0.112. The van der Waals surface area contributed by atoms with Crippen LogP contribution in [0.3, 0.4) is 0 Å². The van der Waals surface area contributed by atoms with Gasteiger partial charge in [-0.25, -0.2) is 25.3 Å². The highest BCUT2D eigenvalue weighted by atomic mass is 32.2. The van der Waals surface area contributed by atoms with Crippen molar-refractivity contribution in [1.82, 2.24) is 20.6 Å². The van der Waals surface area contributed by atoms with E-state index >= 15 is 0 Å². The summed E-state index contributed by atoms with van der Waals surface area (Å²) < 4.78 is 45.9. The third-order valence-corrected chi connectivity index (χ3v) is 7.33. The van der Waals surface area contributed by atoms with E-state index in [4.69, 9.17) is 23.2 Å². The molecule has 1 aliphatic rings. The predicted molar refractivity (Wildman–Crippen MR) is 115 cm³/mol. The molecule has 3 rings (SSSR count). The molecule has 2 heterocycles. The normalized spacial score (nSPS) is 17.1. The van der Waals surface area contributed by atoms with Gasteiger partial charge in [-0.15, -0.1) is 5.10 Å². The summed E-state index contributed by atoms with van der Waals surface area (Å²) in [4.78, 5) is 3.38. The predicted octanol–water partition coefficient (Wildman–Crippen LogP) is -2.03. The topological polar surface area (TPSA) is 226 Å². The summed E-state index contributed by atoms with van der Waals surface area (Å²) in [7, 11) is -6.56. The van der Waals surface area contributed by atoms with E-state index in [0.29, 0.717) is 24.2 Å². The number of hydrazine groups is 1. The molecule has 13 nitrogen and oxygen atoms in total. The van der Waals surface area contributed by atoms with Crippen LogP contribution in [0.5, 0.6) is 0 Å². The van der Waals surface area contributed by atoms with E-state index in [1.165, 1.54) is 24.4 Å². The number of anilines is 1. The molecule has 31 heavy (non-hydrogen) atoms. The van der Waals surface area contributed by atoms with Crippen molar-refractivity contribution >= 4 is 32.8 Å². The highest BCUT2D eigenvalue weighted by Crippen LogP contribution is 2.34. The molecule has 11 N–H and O–H groups in total. The van der Waals surface area contributed by atoms with Crippen LogP contribution in [-0.2, 0) is 25.4 Å². The van der Waals surface area contributed by atoms with Gasteiger partial charge in [-0.3, -0.25) is 0 Å². The molecule has 168 valence electrons. The quantitative estimate of drug-likeness (QED) is 0.0964. The molecule has 0 aliphatic carbocycles. The lowest BCUT2D eigenvalue weighted by atomic mass is 9.97. The SMILES string of the molecule is CC1(NS(=O)c2ccc(-c3ccc(N)nc3)c(/C(N)=N/NN)c2S(=O)(=O)ON)CNC1. The Morgan fingerprint density at radius 1 is 1.32 bits per heavy atom. The number of hydrogen-bond acceptors (Lipinski definition) is 11. The van der Waals surface area contributed by atoms with E-state index in [1.54, 1.807) is 6.07 Å². The average Bonchev–Trinajstić information content (AvgIpc) is 2.72. The molecule has 1 aliphatic heterocycles. The van der Waals surface area contributed by atoms with Gasteiger partial charge in [-0.1, -0.05) is 6.07 Å². The first-order chi connectivity index (χ1) is 14.6. The number of aromatic nitrogens is 1. The largest absolute Gasteiger partial charge is 0.384 e. The fraction of sp³-hybridized carbons (Fsp3) is 0.250. The minimum atomic E-state index is -4.60. The first-order valence-corrected chi connectivity index (χ1v) is 11.4. The van der Waals surface area contributed by atoms with Gasteiger partial charge in [0.05, 0.1) is 10.4 Å². The maximum absolute atomic E-state index is 13.1. The van der Waals surface area contributed by atoms with Gasteiger partial charge in [0.1, 0.15) is 21.7 Å². The Kier molecular flexibility index (Phi) is 6.56. The van der Waals surface area contributed by atoms with Crippen molar-refractivity contribution in [3.63, 3.8) is 0 Å². The molecule has 0 amide bonds. The number of nitrogen functional groups attached to an aromatic ring is 1. The second-order valence-corrected chi connectivity index (χ2v) is 9.69. The Morgan fingerprint density at radius 2 is 2.03 bits per heavy atom. The van der Waals surface area contributed by atoms with Crippen LogP contribution in [-0.4, -0.2) is 42.1 Å². The Labute approximate surface area is 181 Å². The number of hydrogen-bond donors (Lipinski definition) is 7. The van der Waals surface area contributed by atoms with Gasteiger partial charge in [-0.2, -0.15) is 18.6 Å². The number of nitrogens with two attached hydrogens (primary N) is 4. The first kappa shape index (κ1) is 23.0. The molecule has 1 aromatic heterocycles. The number of benzene rings is 1. The van der Waals surface area contributed by atoms with E-state index in [1.807, 2.05) is 12.5 Å². The Balaban J connectivity index is 2.30. The molecule has 1 aromatic carbocycles. The van der Waals surface area contributed by atoms with Gasteiger partial charge in [-0.05, 0) is 30.7 Å². The second kappa shape index (κ2) is 8.83. The molecule has 1 fully saturated rings. The van der Waals surface area contributed by atoms with Crippen molar-refractivity contribution in [3.05, 3.63) is 36.0 Å². The van der Waals surface area contributed by atoms with Crippen LogP contribution in [0.4, 0.5) is 5.82 Å². The van der Waals surface area contributed by atoms with Gasteiger partial charge in [0, 0.05) is 30.4 Å². The molecule has 15 heteroatoms. The van der Waals surface area contributed by atoms with Gasteiger partial charge in [0.2, 0.25) is 0 Å². The summed E-state index contributed by atoms with van der Waals surface area (Å²) in [6.45, 7) is 2.95. The highest BCUT2D eigenvalue weighted by molar-refractivity contribution is 7.88. The Hall–Kier alpha value is -2.66. The van der Waals surface area contributed by atoms with Crippen molar-refractivity contribution in [2.45, 2.75) is 22.3 Å². The van der Waals surface area contributed by atoms with Crippen LogP contribution >= 0.6 is 0 Å². The fourth-order valence-corrected chi connectivity index (χ4v) is 5.61. The molecule has 0 radical (unpaired) electrons. The van der Waals surface area contributed by atoms with Crippen molar-refractivity contribution in [1.29, 1.82) is 0 Å². The summed E-state index contributed by atoms with van der Waals surface area (Å²) >= 11 is 0. The number of amidine groups is 1. The number of nitrogens with zero attached hydrogens (tertiary/aromatic N) is 2. The Bertz CT molecular complexity index is 1130. The van der Waals surface area contributed by atoms with Crippen molar-refractivity contribution in [2.24, 2.45) is 22.6 Å².